The molecule has 0 spiro atoms. The Morgan fingerprint density at radius 1 is 0.878 bits per heavy atom. The van der Waals surface area contributed by atoms with Crippen molar-refractivity contribution in [1.82, 2.24) is 14.7 Å². The Morgan fingerprint density at radius 3 is 1.95 bits per heavy atom. The Bertz CT molecular complexity index is 1090. The van der Waals surface area contributed by atoms with Crippen molar-refractivity contribution in [1.29, 1.82) is 0 Å². The number of benzene rings is 3. The van der Waals surface area contributed by atoms with E-state index in [-0.39, 0.29) is 0 Å². The molecule has 41 heavy (non-hydrogen) atoms. The van der Waals surface area contributed by atoms with E-state index in [1.807, 2.05) is 56.3 Å². The quantitative estimate of drug-likeness (QED) is 0.271. The molecule has 3 aromatic carbocycles. The van der Waals surface area contributed by atoms with Gasteiger partial charge in [0.15, 0.2) is 0 Å². The van der Waals surface area contributed by atoms with Crippen molar-refractivity contribution in [3.63, 3.8) is 0 Å². The zero-order valence-electron chi connectivity index (χ0n) is 26.5. The molecule has 0 N–H and O–H groups in total. The number of amides is 1. The summed E-state index contributed by atoms with van der Waals surface area (Å²) in [6, 6.07) is 27.7. The van der Waals surface area contributed by atoms with E-state index in [2.05, 4.69) is 80.9 Å². The zero-order valence-corrected chi connectivity index (χ0v) is 27.3. The zero-order chi connectivity index (χ0) is 30.6. The Balaban J connectivity index is 0.000000293. The molecule has 0 unspecified atom stereocenters. The van der Waals surface area contributed by atoms with Crippen LogP contribution < -0.4 is 4.74 Å². The van der Waals surface area contributed by atoms with Gasteiger partial charge in [-0.1, -0.05) is 78.7 Å². The van der Waals surface area contributed by atoms with Gasteiger partial charge in [0, 0.05) is 43.3 Å². The van der Waals surface area contributed by atoms with E-state index in [9.17, 15) is 4.79 Å². The highest BCUT2D eigenvalue weighted by Gasteiger charge is 2.24. The summed E-state index contributed by atoms with van der Waals surface area (Å²) in [6.45, 7) is 18.2. The van der Waals surface area contributed by atoms with Crippen LogP contribution in [0.4, 0.5) is 0 Å². The molecule has 0 aliphatic carbocycles. The molecule has 3 aromatic rings. The van der Waals surface area contributed by atoms with Crippen molar-refractivity contribution in [2.24, 2.45) is 0 Å². The Morgan fingerprint density at radius 2 is 1.49 bits per heavy atom. The summed E-state index contributed by atoms with van der Waals surface area (Å²) in [7, 11) is 3.92. The summed E-state index contributed by atoms with van der Waals surface area (Å²) in [5, 5.41) is 0.794. The van der Waals surface area contributed by atoms with Gasteiger partial charge in [-0.05, 0) is 90.0 Å². The minimum atomic E-state index is 0.728. The van der Waals surface area contributed by atoms with Crippen LogP contribution in [0.15, 0.2) is 78.9 Å². The number of aryl methyl sites for hydroxylation is 1. The van der Waals surface area contributed by atoms with Gasteiger partial charge in [-0.15, -0.1) is 0 Å². The van der Waals surface area contributed by atoms with Gasteiger partial charge in [-0.2, -0.15) is 0 Å². The number of hydrogen-bond acceptors (Lipinski definition) is 4. The van der Waals surface area contributed by atoms with E-state index in [1.54, 1.807) is 12.0 Å². The largest absolute Gasteiger partial charge is 0.497 e. The molecule has 1 saturated heterocycles. The fourth-order valence-electron chi connectivity index (χ4n) is 4.44. The van der Waals surface area contributed by atoms with E-state index < -0.39 is 0 Å². The summed E-state index contributed by atoms with van der Waals surface area (Å²) in [6.07, 6.45) is 1.82. The minimum Gasteiger partial charge on any atom is -0.497 e. The van der Waals surface area contributed by atoms with E-state index in [4.69, 9.17) is 16.3 Å². The number of likely N-dealkylation sites (N-methyl/N-ethyl adjacent to an activating group) is 2. The second-order valence-corrected chi connectivity index (χ2v) is 10.8. The van der Waals surface area contributed by atoms with Gasteiger partial charge in [-0.25, -0.2) is 0 Å². The average Bonchev–Trinajstić information content (AvgIpc) is 2.97. The van der Waals surface area contributed by atoms with Gasteiger partial charge < -0.3 is 14.5 Å². The molecular formula is C35H52ClN3O2. The first kappa shape index (κ1) is 36.2. The molecule has 226 valence electrons. The van der Waals surface area contributed by atoms with Crippen molar-refractivity contribution in [3.8, 4) is 5.75 Å². The van der Waals surface area contributed by atoms with Crippen LogP contribution in [0.25, 0.3) is 0 Å². The summed E-state index contributed by atoms with van der Waals surface area (Å²) >= 11 is 5.54. The first-order valence-electron chi connectivity index (χ1n) is 14.7. The van der Waals surface area contributed by atoms with Gasteiger partial charge in [-0.3, -0.25) is 9.69 Å². The molecule has 1 fully saturated rings. The number of hydrogen-bond donors (Lipinski definition) is 0. The number of methoxy groups -OCH3 is 1. The summed E-state index contributed by atoms with van der Waals surface area (Å²) in [5.74, 6) is 0.921. The predicted molar refractivity (Wildman–Crippen MR) is 176 cm³/mol. The lowest BCUT2D eigenvalue weighted by Gasteiger charge is -2.41. The Kier molecular flexibility index (Phi) is 18.5. The molecule has 0 bridgehead atoms. The maximum atomic E-state index is 9.89. The SMILES string of the molecule is CCN(C=O)CC.CCN1C[C@H](C)N(C)C[C@H]1C.COc1cccc(Cc2cccc(C)c2)c1.Clc1ccccc1. The van der Waals surface area contributed by atoms with Crippen molar-refractivity contribution in [2.75, 3.05) is 46.9 Å². The standard InChI is InChI=1S/C15H16O.C9H20N2.C6H5Cl.C5H11NO/c1-12-5-3-6-13(9-12)10-14-7-4-8-15(11-14)16-2;1-5-11-7-8(2)10(4)6-9(11)3;7-6-4-2-1-3-5-6;1-3-6(4-2)5-7/h3-9,11H,10H2,1-2H3;8-9H,5-7H2,1-4H3;1-5H;5H,3-4H2,1-2H3/t;8-,9+;;/m.0../s1. The van der Waals surface area contributed by atoms with Crippen LogP contribution in [0.3, 0.4) is 0 Å². The lowest BCUT2D eigenvalue weighted by Crippen LogP contribution is -2.54. The number of rotatable bonds is 7. The van der Waals surface area contributed by atoms with Crippen molar-refractivity contribution >= 4 is 18.0 Å². The highest BCUT2D eigenvalue weighted by Crippen LogP contribution is 2.16. The normalized spacial score (nSPS) is 16.5. The van der Waals surface area contributed by atoms with Crippen molar-refractivity contribution in [3.05, 3.63) is 101 Å². The molecule has 2 atom stereocenters. The molecule has 1 aliphatic rings. The smallest absolute Gasteiger partial charge is 0.209 e. The van der Waals surface area contributed by atoms with Gasteiger partial charge in [0.25, 0.3) is 0 Å². The molecule has 0 aromatic heterocycles. The third-order valence-electron chi connectivity index (χ3n) is 7.15. The number of carbonyl (C=O) groups excluding carboxylic acids is 1. The number of halogens is 1. The van der Waals surface area contributed by atoms with Crippen LogP contribution in [-0.4, -0.2) is 80.1 Å². The predicted octanol–water partition coefficient (Wildman–Crippen LogP) is 7.45. The molecule has 0 saturated carbocycles. The van der Waals surface area contributed by atoms with E-state index >= 15 is 0 Å². The maximum absolute atomic E-state index is 9.89. The first-order valence-corrected chi connectivity index (χ1v) is 15.1. The molecular weight excluding hydrogens is 530 g/mol. The highest BCUT2D eigenvalue weighted by atomic mass is 35.5. The van der Waals surface area contributed by atoms with Crippen LogP contribution in [0.2, 0.25) is 5.02 Å². The molecule has 5 nitrogen and oxygen atoms in total. The Labute approximate surface area is 255 Å². The van der Waals surface area contributed by atoms with Crippen LogP contribution in [0.5, 0.6) is 5.75 Å². The fraction of sp³-hybridized carbons (Fsp3) is 0.457. The highest BCUT2D eigenvalue weighted by molar-refractivity contribution is 6.30. The topological polar surface area (TPSA) is 36.0 Å². The van der Waals surface area contributed by atoms with Crippen LogP contribution in [0, 0.1) is 6.92 Å². The second-order valence-electron chi connectivity index (χ2n) is 10.4. The third-order valence-corrected chi connectivity index (χ3v) is 7.40. The molecule has 1 amide bonds. The molecule has 1 aliphatic heterocycles. The van der Waals surface area contributed by atoms with Gasteiger partial charge >= 0.3 is 0 Å². The van der Waals surface area contributed by atoms with Crippen LogP contribution >= 0.6 is 11.6 Å². The van der Waals surface area contributed by atoms with E-state index in [0.29, 0.717) is 0 Å². The van der Waals surface area contributed by atoms with E-state index in [1.165, 1.54) is 36.3 Å². The number of carbonyl (C=O) groups is 1. The minimum absolute atomic E-state index is 0.728. The number of nitrogens with zero attached hydrogens (tertiary/aromatic N) is 3. The summed E-state index contributed by atoms with van der Waals surface area (Å²) in [5.41, 5.74) is 3.93. The van der Waals surface area contributed by atoms with Crippen LogP contribution in [0.1, 0.15) is 51.3 Å². The van der Waals surface area contributed by atoms with Gasteiger partial charge in [0.1, 0.15) is 5.75 Å². The molecule has 0 radical (unpaired) electrons. The van der Waals surface area contributed by atoms with Crippen molar-refractivity contribution < 1.29 is 9.53 Å². The van der Waals surface area contributed by atoms with Gasteiger partial charge in [0.2, 0.25) is 6.41 Å². The number of ether oxygens (including phenoxy) is 1. The van der Waals surface area contributed by atoms with Crippen molar-refractivity contribution in [2.45, 2.75) is 60.0 Å². The Hall–Kier alpha value is -2.86. The second kappa shape index (κ2) is 20.9. The number of piperazine rings is 1. The van der Waals surface area contributed by atoms with Crippen LogP contribution in [-0.2, 0) is 11.2 Å². The summed E-state index contributed by atoms with van der Waals surface area (Å²) in [4.78, 5) is 16.6. The first-order chi connectivity index (χ1) is 19.7. The fourth-order valence-corrected chi connectivity index (χ4v) is 4.58. The van der Waals surface area contributed by atoms with E-state index in [0.717, 1.165) is 48.8 Å². The molecule has 4 rings (SSSR count). The third kappa shape index (κ3) is 15.1. The van der Waals surface area contributed by atoms with Gasteiger partial charge in [0.05, 0.1) is 7.11 Å². The summed E-state index contributed by atoms with van der Waals surface area (Å²) < 4.78 is 5.22. The lowest BCUT2D eigenvalue weighted by atomic mass is 10.0. The monoisotopic (exact) mass is 581 g/mol. The molecule has 1 heterocycles. The average molecular weight is 582 g/mol. The lowest BCUT2D eigenvalue weighted by molar-refractivity contribution is -0.117. The maximum Gasteiger partial charge on any atom is 0.209 e. The molecule has 6 heteroatoms.